The fourth-order valence-corrected chi connectivity index (χ4v) is 4.53. The van der Waals surface area contributed by atoms with Gasteiger partial charge in [0.15, 0.2) is 0 Å². The Balaban J connectivity index is 1.42. The van der Waals surface area contributed by atoms with Crippen LogP contribution in [-0.4, -0.2) is 31.6 Å². The predicted octanol–water partition coefficient (Wildman–Crippen LogP) is 5.65. The summed E-state index contributed by atoms with van der Waals surface area (Å²) >= 11 is 0. The van der Waals surface area contributed by atoms with Gasteiger partial charge in [-0.2, -0.15) is 0 Å². The van der Waals surface area contributed by atoms with Gasteiger partial charge in [-0.25, -0.2) is 14.5 Å². The highest BCUT2D eigenvalue weighted by molar-refractivity contribution is 5.96. The van der Waals surface area contributed by atoms with Gasteiger partial charge >= 0.3 is 5.97 Å². The Hall–Kier alpha value is -3.54. The van der Waals surface area contributed by atoms with Crippen LogP contribution in [0.1, 0.15) is 65.6 Å². The first-order valence-electron chi connectivity index (χ1n) is 11.6. The summed E-state index contributed by atoms with van der Waals surface area (Å²) in [5.41, 5.74) is 2.80. The molecule has 4 rings (SSSR count). The summed E-state index contributed by atoms with van der Waals surface area (Å²) in [5, 5.41) is 13.9. The lowest BCUT2D eigenvalue weighted by molar-refractivity contribution is 0.0697. The molecule has 6 nitrogen and oxygen atoms in total. The molecule has 0 spiro atoms. The molecule has 1 saturated carbocycles. The van der Waals surface area contributed by atoms with Crippen molar-refractivity contribution in [3.8, 4) is 11.1 Å². The number of hydrogen-bond acceptors (Lipinski definition) is 4. The van der Waals surface area contributed by atoms with Crippen LogP contribution in [0.4, 0.5) is 0 Å². The van der Waals surface area contributed by atoms with Crippen LogP contribution in [0, 0.1) is 11.8 Å². The van der Waals surface area contributed by atoms with Crippen molar-refractivity contribution >= 4 is 11.8 Å². The highest BCUT2D eigenvalue weighted by Crippen LogP contribution is 2.32. The monoisotopic (exact) mass is 443 g/mol. The van der Waals surface area contributed by atoms with E-state index in [2.05, 4.69) is 29.2 Å². The number of aromatic carboxylic acids is 1. The Bertz CT molecular complexity index is 1150. The standard InChI is InChI=1S/C27H29N3O3/c1-2-3-7-19-8-6-9-22(16-19)25(31)26-28-18-30(29-26)17-20-12-14-21(15-13-20)23-10-4-5-11-24(23)27(32)33/h3-5,7,10-15,18-19,22H,2,6,8-9,16-17H2,1H3,(H,32,33). The van der Waals surface area contributed by atoms with E-state index in [9.17, 15) is 14.7 Å². The van der Waals surface area contributed by atoms with E-state index < -0.39 is 5.97 Å². The van der Waals surface area contributed by atoms with Gasteiger partial charge in [-0.3, -0.25) is 4.79 Å². The number of ketones is 1. The predicted molar refractivity (Wildman–Crippen MR) is 127 cm³/mol. The van der Waals surface area contributed by atoms with Gasteiger partial charge in [-0.05, 0) is 54.4 Å². The second kappa shape index (κ2) is 10.4. The Morgan fingerprint density at radius 3 is 2.67 bits per heavy atom. The lowest BCUT2D eigenvalue weighted by Gasteiger charge is -2.25. The van der Waals surface area contributed by atoms with Gasteiger partial charge in [0.1, 0.15) is 6.33 Å². The van der Waals surface area contributed by atoms with Crippen molar-refractivity contribution in [2.45, 2.75) is 45.6 Å². The molecule has 2 unspecified atom stereocenters. The van der Waals surface area contributed by atoms with Crippen LogP contribution >= 0.6 is 0 Å². The smallest absolute Gasteiger partial charge is 0.336 e. The molecule has 2 aromatic carbocycles. The number of carbonyl (C=O) groups excluding carboxylic acids is 1. The summed E-state index contributed by atoms with van der Waals surface area (Å²) in [6.07, 6.45) is 11.1. The summed E-state index contributed by atoms with van der Waals surface area (Å²) in [4.78, 5) is 28.7. The van der Waals surface area contributed by atoms with Gasteiger partial charge in [-0.15, -0.1) is 5.10 Å². The van der Waals surface area contributed by atoms with Crippen LogP contribution in [0.2, 0.25) is 0 Å². The highest BCUT2D eigenvalue weighted by Gasteiger charge is 2.29. The van der Waals surface area contributed by atoms with Gasteiger partial charge in [0.05, 0.1) is 12.1 Å². The largest absolute Gasteiger partial charge is 0.478 e. The van der Waals surface area contributed by atoms with E-state index in [1.54, 1.807) is 23.1 Å². The number of allylic oxidation sites excluding steroid dienone is 2. The zero-order valence-corrected chi connectivity index (χ0v) is 18.9. The summed E-state index contributed by atoms with van der Waals surface area (Å²) in [7, 11) is 0. The van der Waals surface area contributed by atoms with E-state index in [0.29, 0.717) is 23.9 Å². The fraction of sp³-hybridized carbons (Fsp3) is 0.333. The molecule has 0 bridgehead atoms. The number of carboxylic acid groups (broad SMARTS) is 1. The summed E-state index contributed by atoms with van der Waals surface area (Å²) in [5.74, 6) is -0.134. The number of Topliss-reactive ketones (excluding diaryl/α,β-unsaturated/α-hetero) is 1. The molecular weight excluding hydrogens is 414 g/mol. The third-order valence-electron chi connectivity index (χ3n) is 6.25. The lowest BCUT2D eigenvalue weighted by atomic mass is 9.79. The number of hydrogen-bond donors (Lipinski definition) is 1. The minimum Gasteiger partial charge on any atom is -0.478 e. The van der Waals surface area contributed by atoms with Crippen molar-refractivity contribution in [1.82, 2.24) is 14.8 Å². The molecule has 1 aromatic heterocycles. The van der Waals surface area contributed by atoms with Crippen molar-refractivity contribution in [1.29, 1.82) is 0 Å². The topological polar surface area (TPSA) is 85.1 Å². The molecule has 170 valence electrons. The zero-order valence-electron chi connectivity index (χ0n) is 18.9. The van der Waals surface area contributed by atoms with Gasteiger partial charge in [0, 0.05) is 5.92 Å². The van der Waals surface area contributed by atoms with Crippen LogP contribution in [-0.2, 0) is 6.54 Å². The molecule has 2 atom stereocenters. The average Bonchev–Trinajstić information content (AvgIpc) is 3.31. The van der Waals surface area contributed by atoms with Crippen molar-refractivity contribution in [3.63, 3.8) is 0 Å². The van der Waals surface area contributed by atoms with Crippen molar-refractivity contribution < 1.29 is 14.7 Å². The number of nitrogens with zero attached hydrogens (tertiary/aromatic N) is 3. The van der Waals surface area contributed by atoms with Crippen LogP contribution in [0.3, 0.4) is 0 Å². The Morgan fingerprint density at radius 1 is 1.12 bits per heavy atom. The first kappa shape index (κ1) is 22.6. The fourth-order valence-electron chi connectivity index (χ4n) is 4.53. The minimum absolute atomic E-state index is 0.00491. The van der Waals surface area contributed by atoms with Gasteiger partial charge < -0.3 is 5.11 Å². The number of benzene rings is 2. The van der Waals surface area contributed by atoms with Crippen LogP contribution < -0.4 is 0 Å². The maximum Gasteiger partial charge on any atom is 0.336 e. The molecule has 1 aliphatic rings. The average molecular weight is 444 g/mol. The number of carboxylic acids is 1. The molecule has 1 fully saturated rings. The van der Waals surface area contributed by atoms with E-state index in [1.165, 1.54) is 0 Å². The van der Waals surface area contributed by atoms with Crippen LogP contribution in [0.15, 0.2) is 67.0 Å². The van der Waals surface area contributed by atoms with E-state index in [4.69, 9.17) is 0 Å². The van der Waals surface area contributed by atoms with Crippen molar-refractivity contribution in [2.24, 2.45) is 11.8 Å². The number of rotatable bonds is 8. The second-order valence-corrected chi connectivity index (χ2v) is 8.64. The molecular formula is C27H29N3O3. The minimum atomic E-state index is -0.944. The van der Waals surface area contributed by atoms with Gasteiger partial charge in [0.25, 0.3) is 0 Å². The first-order valence-corrected chi connectivity index (χ1v) is 11.6. The van der Waals surface area contributed by atoms with Crippen LogP contribution in [0.5, 0.6) is 0 Å². The molecule has 6 heteroatoms. The van der Waals surface area contributed by atoms with Crippen molar-refractivity contribution in [3.05, 3.63) is 84.0 Å². The Morgan fingerprint density at radius 2 is 1.91 bits per heavy atom. The maximum absolute atomic E-state index is 13.0. The molecule has 33 heavy (non-hydrogen) atoms. The second-order valence-electron chi connectivity index (χ2n) is 8.64. The van der Waals surface area contributed by atoms with Crippen LogP contribution in [0.25, 0.3) is 11.1 Å². The van der Waals surface area contributed by atoms with Gasteiger partial charge in [0.2, 0.25) is 11.6 Å². The van der Waals surface area contributed by atoms with E-state index in [1.807, 2.05) is 36.4 Å². The van der Waals surface area contributed by atoms with E-state index in [0.717, 1.165) is 43.2 Å². The number of aromatic nitrogens is 3. The molecule has 1 heterocycles. The SMILES string of the molecule is CCC=CC1CCCC(C(=O)c2ncn(Cc3ccc(-c4ccccc4C(=O)O)cc3)n2)C1. The summed E-state index contributed by atoms with van der Waals surface area (Å²) in [6.45, 7) is 2.62. The molecule has 0 saturated heterocycles. The molecule has 0 radical (unpaired) electrons. The molecule has 0 amide bonds. The quantitative estimate of drug-likeness (QED) is 0.359. The highest BCUT2D eigenvalue weighted by atomic mass is 16.4. The third-order valence-corrected chi connectivity index (χ3v) is 6.25. The zero-order chi connectivity index (χ0) is 23.2. The summed E-state index contributed by atoms with van der Waals surface area (Å²) in [6, 6.07) is 14.7. The van der Waals surface area contributed by atoms with Gasteiger partial charge in [-0.1, -0.05) is 68.0 Å². The van der Waals surface area contributed by atoms with Crippen molar-refractivity contribution in [2.75, 3.05) is 0 Å². The molecule has 1 aliphatic carbocycles. The Labute approximate surface area is 194 Å². The normalized spacial score (nSPS) is 18.5. The first-order chi connectivity index (χ1) is 16.0. The van der Waals surface area contributed by atoms with E-state index in [-0.39, 0.29) is 17.3 Å². The maximum atomic E-state index is 13.0. The summed E-state index contributed by atoms with van der Waals surface area (Å²) < 4.78 is 1.69. The third kappa shape index (κ3) is 5.45. The Kier molecular flexibility index (Phi) is 7.13. The molecule has 0 aliphatic heterocycles. The van der Waals surface area contributed by atoms with E-state index >= 15 is 0 Å². The molecule has 3 aromatic rings. The number of carbonyl (C=O) groups is 2. The molecule has 1 N–H and O–H groups in total. The lowest BCUT2D eigenvalue weighted by Crippen LogP contribution is -2.23.